The number of hydrogen-bond donors (Lipinski definition) is 1. The summed E-state index contributed by atoms with van der Waals surface area (Å²) < 4.78 is 1.88. The number of nitrogens with one attached hydrogen (secondary N) is 1. The van der Waals surface area contributed by atoms with E-state index in [1.54, 1.807) is 6.20 Å². The molecular weight excluding hydrogens is 312 g/mol. The minimum Gasteiger partial charge on any atom is -0.348 e. The van der Waals surface area contributed by atoms with Crippen LogP contribution >= 0.6 is 0 Å². The number of aldehydes is 1. The molecule has 0 aliphatic rings. The first-order chi connectivity index (χ1) is 12.1. The lowest BCUT2D eigenvalue weighted by Crippen LogP contribution is -2.30. The topological polar surface area (TPSA) is 51.1 Å². The van der Waals surface area contributed by atoms with E-state index < -0.39 is 0 Å². The Morgan fingerprint density at radius 1 is 1.16 bits per heavy atom. The second kappa shape index (κ2) is 7.34. The van der Waals surface area contributed by atoms with Gasteiger partial charge in [0.05, 0.1) is 11.6 Å². The fourth-order valence-electron chi connectivity index (χ4n) is 3.24. The van der Waals surface area contributed by atoms with Crippen LogP contribution in [0.5, 0.6) is 0 Å². The maximum atomic E-state index is 12.5. The third-order valence-electron chi connectivity index (χ3n) is 4.51. The van der Waals surface area contributed by atoms with Crippen LogP contribution in [-0.4, -0.2) is 16.8 Å². The highest BCUT2D eigenvalue weighted by molar-refractivity contribution is 5.99. The Balaban J connectivity index is 1.85. The predicted octanol–water partition coefficient (Wildman–Crippen LogP) is 3.89. The summed E-state index contributed by atoms with van der Waals surface area (Å²) in [4.78, 5) is 23.9. The molecule has 4 heteroatoms. The molecule has 0 saturated carbocycles. The fourth-order valence-corrected chi connectivity index (χ4v) is 3.24. The molecule has 0 saturated heterocycles. The molecule has 1 aromatic heterocycles. The van der Waals surface area contributed by atoms with Crippen molar-refractivity contribution in [1.29, 1.82) is 0 Å². The van der Waals surface area contributed by atoms with E-state index in [1.165, 1.54) is 0 Å². The van der Waals surface area contributed by atoms with Crippen molar-refractivity contribution in [2.45, 2.75) is 32.9 Å². The standard InChI is InChI=1S/C21H22N2O2/c1-3-16-10-7-11-19-18(14-24)12-23(21(16)19)13-20(25)22-15(2)17-8-5-4-6-9-17/h4-12,14-15H,3,13H2,1-2H3,(H,22,25). The maximum absolute atomic E-state index is 12.5. The Morgan fingerprint density at radius 2 is 1.92 bits per heavy atom. The number of hydrogen-bond acceptors (Lipinski definition) is 2. The zero-order valence-corrected chi connectivity index (χ0v) is 14.5. The number of para-hydroxylation sites is 1. The summed E-state index contributed by atoms with van der Waals surface area (Å²) in [5.74, 6) is -0.0726. The van der Waals surface area contributed by atoms with Crippen molar-refractivity contribution >= 4 is 23.1 Å². The van der Waals surface area contributed by atoms with Gasteiger partial charge in [-0.2, -0.15) is 0 Å². The van der Waals surface area contributed by atoms with Gasteiger partial charge in [0.2, 0.25) is 5.91 Å². The number of nitrogens with zero attached hydrogens (tertiary/aromatic N) is 1. The van der Waals surface area contributed by atoms with Gasteiger partial charge in [-0.05, 0) is 24.5 Å². The molecule has 1 atom stereocenters. The SMILES string of the molecule is CCc1cccc2c(C=O)cn(CC(=O)NC(C)c3ccccc3)c12. The van der Waals surface area contributed by atoms with Gasteiger partial charge < -0.3 is 9.88 Å². The highest BCUT2D eigenvalue weighted by Gasteiger charge is 2.15. The Labute approximate surface area is 147 Å². The van der Waals surface area contributed by atoms with Gasteiger partial charge in [0.1, 0.15) is 6.54 Å². The van der Waals surface area contributed by atoms with Gasteiger partial charge in [-0.1, -0.05) is 55.5 Å². The third-order valence-corrected chi connectivity index (χ3v) is 4.51. The molecule has 1 amide bonds. The second-order valence-corrected chi connectivity index (χ2v) is 6.20. The van der Waals surface area contributed by atoms with E-state index in [1.807, 2.05) is 60.0 Å². The van der Waals surface area contributed by atoms with E-state index >= 15 is 0 Å². The molecule has 3 rings (SSSR count). The average molecular weight is 334 g/mol. The molecule has 3 aromatic rings. The Hall–Kier alpha value is -2.88. The summed E-state index contributed by atoms with van der Waals surface area (Å²) in [6, 6.07) is 15.7. The lowest BCUT2D eigenvalue weighted by molar-refractivity contribution is -0.122. The van der Waals surface area contributed by atoms with Gasteiger partial charge in [0, 0.05) is 17.1 Å². The summed E-state index contributed by atoms with van der Waals surface area (Å²) in [5.41, 5.74) is 3.79. The van der Waals surface area contributed by atoms with Gasteiger partial charge in [0.15, 0.2) is 6.29 Å². The molecule has 2 aromatic carbocycles. The van der Waals surface area contributed by atoms with Crippen LogP contribution in [0.3, 0.4) is 0 Å². The first-order valence-corrected chi connectivity index (χ1v) is 8.54. The van der Waals surface area contributed by atoms with Crippen LogP contribution in [0.25, 0.3) is 10.9 Å². The van der Waals surface area contributed by atoms with Crippen molar-refractivity contribution in [1.82, 2.24) is 9.88 Å². The summed E-state index contributed by atoms with van der Waals surface area (Å²) in [6.07, 6.45) is 3.47. The van der Waals surface area contributed by atoms with Crippen LogP contribution in [0, 0.1) is 0 Å². The fraction of sp³-hybridized carbons (Fsp3) is 0.238. The smallest absolute Gasteiger partial charge is 0.240 e. The highest BCUT2D eigenvalue weighted by Crippen LogP contribution is 2.24. The van der Waals surface area contributed by atoms with Crippen molar-refractivity contribution in [3.63, 3.8) is 0 Å². The van der Waals surface area contributed by atoms with Crippen molar-refractivity contribution < 1.29 is 9.59 Å². The van der Waals surface area contributed by atoms with Crippen molar-refractivity contribution in [3.05, 3.63) is 71.4 Å². The minimum atomic E-state index is -0.0726. The lowest BCUT2D eigenvalue weighted by Gasteiger charge is -2.15. The molecule has 0 aliphatic carbocycles. The summed E-state index contributed by atoms with van der Waals surface area (Å²) >= 11 is 0. The van der Waals surface area contributed by atoms with Gasteiger partial charge in [0.25, 0.3) is 0 Å². The van der Waals surface area contributed by atoms with Crippen LogP contribution in [0.4, 0.5) is 0 Å². The molecule has 4 nitrogen and oxygen atoms in total. The molecule has 0 fully saturated rings. The highest BCUT2D eigenvalue weighted by atomic mass is 16.2. The summed E-state index contributed by atoms with van der Waals surface area (Å²) in [5, 5.41) is 3.93. The Morgan fingerprint density at radius 3 is 2.60 bits per heavy atom. The molecule has 128 valence electrons. The first-order valence-electron chi connectivity index (χ1n) is 8.54. The van der Waals surface area contributed by atoms with E-state index in [-0.39, 0.29) is 18.5 Å². The zero-order chi connectivity index (χ0) is 17.8. The average Bonchev–Trinajstić information content (AvgIpc) is 3.00. The predicted molar refractivity (Wildman–Crippen MR) is 99.7 cm³/mol. The summed E-state index contributed by atoms with van der Waals surface area (Å²) in [6.45, 7) is 4.23. The lowest BCUT2D eigenvalue weighted by atomic mass is 10.1. The quantitative estimate of drug-likeness (QED) is 0.695. The molecule has 0 radical (unpaired) electrons. The number of aryl methyl sites for hydroxylation is 1. The van der Waals surface area contributed by atoms with Gasteiger partial charge in [-0.3, -0.25) is 9.59 Å². The van der Waals surface area contributed by atoms with Crippen LogP contribution in [0.1, 0.15) is 41.4 Å². The van der Waals surface area contributed by atoms with E-state index in [0.717, 1.165) is 34.7 Å². The van der Waals surface area contributed by atoms with E-state index in [9.17, 15) is 9.59 Å². The van der Waals surface area contributed by atoms with Gasteiger partial charge >= 0.3 is 0 Å². The molecule has 0 bridgehead atoms. The number of aromatic nitrogens is 1. The molecule has 1 heterocycles. The normalized spacial score (nSPS) is 12.1. The molecule has 0 spiro atoms. The monoisotopic (exact) mass is 334 g/mol. The summed E-state index contributed by atoms with van der Waals surface area (Å²) in [7, 11) is 0. The van der Waals surface area contributed by atoms with Crippen molar-refractivity contribution in [2.75, 3.05) is 0 Å². The van der Waals surface area contributed by atoms with Crippen LogP contribution < -0.4 is 5.32 Å². The second-order valence-electron chi connectivity index (χ2n) is 6.20. The number of rotatable bonds is 6. The number of benzene rings is 2. The maximum Gasteiger partial charge on any atom is 0.240 e. The van der Waals surface area contributed by atoms with Crippen molar-refractivity contribution in [2.24, 2.45) is 0 Å². The zero-order valence-electron chi connectivity index (χ0n) is 14.5. The third kappa shape index (κ3) is 3.48. The van der Waals surface area contributed by atoms with E-state index in [2.05, 4.69) is 12.2 Å². The molecular formula is C21H22N2O2. The van der Waals surface area contributed by atoms with Crippen molar-refractivity contribution in [3.8, 4) is 0 Å². The Bertz CT molecular complexity index is 897. The molecule has 1 N–H and O–H groups in total. The van der Waals surface area contributed by atoms with Crippen LogP contribution in [0.2, 0.25) is 0 Å². The number of fused-ring (bicyclic) bond motifs is 1. The molecule has 25 heavy (non-hydrogen) atoms. The number of amides is 1. The van der Waals surface area contributed by atoms with Crippen LogP contribution in [-0.2, 0) is 17.8 Å². The van der Waals surface area contributed by atoms with Crippen LogP contribution in [0.15, 0.2) is 54.7 Å². The minimum absolute atomic E-state index is 0.0632. The Kier molecular flexibility index (Phi) is 4.98. The van der Waals surface area contributed by atoms with Gasteiger partial charge in [-0.25, -0.2) is 0 Å². The number of carbonyl (C=O) groups excluding carboxylic acids is 2. The van der Waals surface area contributed by atoms with E-state index in [4.69, 9.17) is 0 Å². The largest absolute Gasteiger partial charge is 0.348 e. The number of carbonyl (C=O) groups is 2. The van der Waals surface area contributed by atoms with E-state index in [0.29, 0.717) is 5.56 Å². The van der Waals surface area contributed by atoms with Gasteiger partial charge in [-0.15, -0.1) is 0 Å². The molecule has 1 unspecified atom stereocenters. The molecule has 0 aliphatic heterocycles. The first kappa shape index (κ1) is 17.0.